The Labute approximate surface area is 196 Å². The Balaban J connectivity index is 1.02. The first-order valence-electron chi connectivity index (χ1n) is 12.7. The number of hydrogen-bond acceptors (Lipinski definition) is 3. The Morgan fingerprint density at radius 1 is 1.00 bits per heavy atom. The summed E-state index contributed by atoms with van der Waals surface area (Å²) in [6.45, 7) is 4.42. The van der Waals surface area contributed by atoms with E-state index >= 15 is 0 Å². The number of halogens is 1. The first kappa shape index (κ1) is 22.4. The van der Waals surface area contributed by atoms with Gasteiger partial charge in [-0.25, -0.2) is 4.39 Å². The van der Waals surface area contributed by atoms with Gasteiger partial charge in [0.05, 0.1) is 6.61 Å². The zero-order valence-electron chi connectivity index (χ0n) is 19.4. The number of rotatable bonds is 6. The van der Waals surface area contributed by atoms with Crippen molar-refractivity contribution < 1.29 is 13.9 Å². The third-order valence-corrected chi connectivity index (χ3v) is 7.95. The monoisotopic (exact) mass is 450 g/mol. The van der Waals surface area contributed by atoms with Crippen LogP contribution in [-0.4, -0.2) is 43.1 Å². The molecule has 0 bridgehead atoms. The van der Waals surface area contributed by atoms with Gasteiger partial charge in [0.2, 0.25) is 0 Å². The van der Waals surface area contributed by atoms with Crippen molar-refractivity contribution in [2.24, 2.45) is 5.92 Å². The summed E-state index contributed by atoms with van der Waals surface area (Å²) in [4.78, 5) is 15.0. The number of nitrogens with one attached hydrogen (secondary N) is 1. The molecule has 5 rings (SSSR count). The van der Waals surface area contributed by atoms with E-state index in [2.05, 4.69) is 28.4 Å². The molecule has 1 saturated carbocycles. The van der Waals surface area contributed by atoms with E-state index in [9.17, 15) is 9.18 Å². The van der Waals surface area contributed by atoms with Gasteiger partial charge in [0.15, 0.2) is 0 Å². The van der Waals surface area contributed by atoms with Crippen molar-refractivity contribution in [3.05, 3.63) is 65.0 Å². The van der Waals surface area contributed by atoms with Crippen LogP contribution >= 0.6 is 0 Å². The number of hydrogen-bond donors (Lipinski definition) is 1. The van der Waals surface area contributed by atoms with Gasteiger partial charge in [-0.15, -0.1) is 0 Å². The van der Waals surface area contributed by atoms with Crippen LogP contribution in [0.3, 0.4) is 0 Å². The Hall–Kier alpha value is -2.40. The Kier molecular flexibility index (Phi) is 6.96. The van der Waals surface area contributed by atoms with Gasteiger partial charge in [-0.1, -0.05) is 12.1 Å². The van der Waals surface area contributed by atoms with E-state index < -0.39 is 0 Å². The van der Waals surface area contributed by atoms with Crippen molar-refractivity contribution in [3.8, 4) is 5.75 Å². The minimum Gasteiger partial charge on any atom is -0.493 e. The van der Waals surface area contributed by atoms with E-state index in [1.807, 2.05) is 0 Å². The van der Waals surface area contributed by atoms with Gasteiger partial charge >= 0.3 is 0 Å². The molecule has 3 aliphatic rings. The van der Waals surface area contributed by atoms with Crippen LogP contribution < -0.4 is 10.1 Å². The summed E-state index contributed by atoms with van der Waals surface area (Å²) in [6, 6.07) is 12.6. The number of nitrogens with zero attached hydrogens (tertiary/aromatic N) is 1. The predicted molar refractivity (Wildman–Crippen MR) is 128 cm³/mol. The van der Waals surface area contributed by atoms with E-state index in [1.165, 1.54) is 75.0 Å². The van der Waals surface area contributed by atoms with Gasteiger partial charge in [-0.2, -0.15) is 0 Å². The lowest BCUT2D eigenvalue weighted by atomic mass is 9.83. The smallest absolute Gasteiger partial charge is 0.251 e. The number of amides is 1. The van der Waals surface area contributed by atoms with E-state index in [0.717, 1.165) is 37.5 Å². The van der Waals surface area contributed by atoms with Crippen molar-refractivity contribution in [1.82, 2.24) is 10.2 Å². The van der Waals surface area contributed by atoms with Crippen LogP contribution in [0.1, 0.15) is 72.3 Å². The first-order valence-corrected chi connectivity index (χ1v) is 12.7. The lowest BCUT2D eigenvalue weighted by molar-refractivity contribution is 0.0919. The second-order valence-corrected chi connectivity index (χ2v) is 10.0. The average Bonchev–Trinajstić information content (AvgIpc) is 3.34. The fraction of sp³-hybridized carbons (Fsp3) is 0.536. The number of likely N-dealkylation sites (tertiary alicyclic amines) is 1. The van der Waals surface area contributed by atoms with Crippen LogP contribution in [0.5, 0.6) is 5.75 Å². The van der Waals surface area contributed by atoms with Crippen molar-refractivity contribution in [3.63, 3.8) is 0 Å². The molecule has 1 N–H and O–H groups in total. The maximum atomic E-state index is 13.1. The molecule has 1 saturated heterocycles. The Morgan fingerprint density at radius 3 is 2.52 bits per heavy atom. The molecule has 4 nitrogen and oxygen atoms in total. The van der Waals surface area contributed by atoms with Crippen LogP contribution in [0.15, 0.2) is 42.5 Å². The molecule has 0 aromatic heterocycles. The van der Waals surface area contributed by atoms with Gasteiger partial charge in [0.1, 0.15) is 11.6 Å². The third kappa shape index (κ3) is 5.40. The highest BCUT2D eigenvalue weighted by molar-refractivity contribution is 5.94. The predicted octanol–water partition coefficient (Wildman–Crippen LogP) is 5.32. The van der Waals surface area contributed by atoms with Crippen molar-refractivity contribution in [2.45, 2.75) is 63.3 Å². The van der Waals surface area contributed by atoms with Crippen molar-refractivity contribution >= 4 is 5.91 Å². The lowest BCUT2D eigenvalue weighted by Gasteiger charge is -2.35. The minimum absolute atomic E-state index is 0.0862. The maximum absolute atomic E-state index is 13.1. The summed E-state index contributed by atoms with van der Waals surface area (Å²) in [6.07, 6.45) is 9.28. The minimum atomic E-state index is -0.311. The topological polar surface area (TPSA) is 41.6 Å². The summed E-state index contributed by atoms with van der Waals surface area (Å²) >= 11 is 0. The molecule has 0 spiro atoms. The Bertz CT molecular complexity index is 945. The number of carbonyl (C=O) groups is 1. The molecule has 5 heteroatoms. The van der Waals surface area contributed by atoms with E-state index in [4.69, 9.17) is 4.74 Å². The van der Waals surface area contributed by atoms with E-state index in [0.29, 0.717) is 11.5 Å². The highest BCUT2D eigenvalue weighted by Crippen LogP contribution is 2.37. The largest absolute Gasteiger partial charge is 0.493 e. The molecule has 2 aliphatic heterocycles. The highest BCUT2D eigenvalue weighted by Gasteiger charge is 2.27. The Morgan fingerprint density at radius 2 is 1.76 bits per heavy atom. The highest BCUT2D eigenvalue weighted by atomic mass is 19.1. The van der Waals surface area contributed by atoms with Crippen LogP contribution in [0.25, 0.3) is 0 Å². The molecular weight excluding hydrogens is 415 g/mol. The molecule has 2 aromatic rings. The van der Waals surface area contributed by atoms with Crippen LogP contribution in [-0.2, 0) is 6.42 Å². The summed E-state index contributed by atoms with van der Waals surface area (Å²) < 4.78 is 18.8. The normalized spacial score (nSPS) is 23.7. The summed E-state index contributed by atoms with van der Waals surface area (Å²) in [5.41, 5.74) is 3.53. The van der Waals surface area contributed by atoms with Gasteiger partial charge < -0.3 is 15.0 Å². The van der Waals surface area contributed by atoms with Gasteiger partial charge in [0.25, 0.3) is 5.91 Å². The van der Waals surface area contributed by atoms with Crippen LogP contribution in [0.4, 0.5) is 4.39 Å². The van der Waals surface area contributed by atoms with Gasteiger partial charge in [-0.3, -0.25) is 4.79 Å². The quantitative estimate of drug-likeness (QED) is 0.648. The fourth-order valence-corrected chi connectivity index (χ4v) is 5.93. The zero-order valence-corrected chi connectivity index (χ0v) is 19.4. The second kappa shape index (κ2) is 10.3. The number of fused-ring (bicyclic) bond motifs is 1. The van der Waals surface area contributed by atoms with Gasteiger partial charge in [-0.05, 0) is 112 Å². The third-order valence-electron chi connectivity index (χ3n) is 7.95. The summed E-state index contributed by atoms with van der Waals surface area (Å²) in [5.74, 6) is 2.15. The molecule has 0 radical (unpaired) electrons. The SMILES string of the molecule is O=C(NC1CCC(CCN2CCC(c3cccc4c3CCO4)CC2)CC1)c1ccc(F)cc1. The molecule has 2 aromatic carbocycles. The number of benzene rings is 2. The molecule has 2 fully saturated rings. The number of piperidine rings is 1. The maximum Gasteiger partial charge on any atom is 0.251 e. The molecule has 1 amide bonds. The van der Waals surface area contributed by atoms with Crippen LogP contribution in [0, 0.1) is 11.7 Å². The number of ether oxygens (including phenoxy) is 1. The van der Waals surface area contributed by atoms with Crippen molar-refractivity contribution in [2.75, 3.05) is 26.2 Å². The standard InChI is InChI=1S/C28H35FN2O2/c29-23-8-6-22(7-9-23)28(32)30-24-10-4-20(5-11-24)12-16-31-17-13-21(14-18-31)25-2-1-3-27-26(25)15-19-33-27/h1-3,6-9,20-21,24H,4-5,10-19H2,(H,30,32). The fourth-order valence-electron chi connectivity index (χ4n) is 5.93. The number of carbonyl (C=O) groups excluding carboxylic acids is 1. The lowest BCUT2D eigenvalue weighted by Crippen LogP contribution is -2.38. The summed E-state index contributed by atoms with van der Waals surface area (Å²) in [7, 11) is 0. The zero-order chi connectivity index (χ0) is 22.6. The van der Waals surface area contributed by atoms with E-state index in [1.54, 1.807) is 12.1 Å². The molecule has 33 heavy (non-hydrogen) atoms. The molecule has 176 valence electrons. The average molecular weight is 451 g/mol. The van der Waals surface area contributed by atoms with Gasteiger partial charge in [0, 0.05) is 23.6 Å². The molecule has 0 atom stereocenters. The van der Waals surface area contributed by atoms with Crippen molar-refractivity contribution in [1.29, 1.82) is 0 Å². The molecule has 1 aliphatic carbocycles. The second-order valence-electron chi connectivity index (χ2n) is 10.0. The molecule has 2 heterocycles. The van der Waals surface area contributed by atoms with Crippen LogP contribution in [0.2, 0.25) is 0 Å². The summed E-state index contributed by atoms with van der Waals surface area (Å²) in [5, 5.41) is 3.14. The van der Waals surface area contributed by atoms with E-state index in [-0.39, 0.29) is 17.8 Å². The molecular formula is C28H35FN2O2. The first-order chi connectivity index (χ1) is 16.2. The molecule has 0 unspecified atom stereocenters.